The van der Waals surface area contributed by atoms with Crippen molar-refractivity contribution in [1.29, 1.82) is 0 Å². The number of hydrogen-bond acceptors (Lipinski definition) is 3. The van der Waals surface area contributed by atoms with Crippen LogP contribution < -0.4 is 0 Å². The average Bonchev–Trinajstić information content (AvgIpc) is 2.66. The lowest BCUT2D eigenvalue weighted by Gasteiger charge is -1.96. The molecule has 1 heterocycles. The summed E-state index contributed by atoms with van der Waals surface area (Å²) < 4.78 is 5.03. The predicted octanol–water partition coefficient (Wildman–Crippen LogP) is 2.62. The molecule has 0 aliphatic carbocycles. The Morgan fingerprint density at radius 1 is 1.44 bits per heavy atom. The van der Waals surface area contributed by atoms with Crippen molar-refractivity contribution in [3.05, 3.63) is 41.0 Å². The number of carboxylic acid groups (broad SMARTS) is 1. The maximum Gasteiger partial charge on any atom is 0.309 e. The van der Waals surface area contributed by atoms with E-state index >= 15 is 0 Å². The van der Waals surface area contributed by atoms with E-state index < -0.39 is 5.97 Å². The topological polar surface area (TPSA) is 63.3 Å². The Kier molecular flexibility index (Phi) is 2.92. The van der Waals surface area contributed by atoms with Crippen molar-refractivity contribution in [3.63, 3.8) is 0 Å². The zero-order chi connectivity index (χ0) is 11.5. The second-order valence-corrected chi connectivity index (χ2v) is 3.64. The number of aromatic nitrogens is 1. The standard InChI is InChI=1S/C11H8ClNO3/c12-9-4-2-1-3-8(9)10-5-7(13-16-10)6-11(14)15/h1-5H,6H2,(H,14,15). The molecule has 1 N–H and O–H groups in total. The second kappa shape index (κ2) is 4.37. The Balaban J connectivity index is 2.32. The molecule has 0 unspecified atom stereocenters. The Hall–Kier alpha value is -1.81. The minimum absolute atomic E-state index is 0.159. The van der Waals surface area contributed by atoms with Crippen LogP contribution in [0.1, 0.15) is 5.69 Å². The van der Waals surface area contributed by atoms with Gasteiger partial charge in [0, 0.05) is 11.6 Å². The molecule has 0 aliphatic rings. The summed E-state index contributed by atoms with van der Waals surface area (Å²) in [6.07, 6.45) is -0.159. The van der Waals surface area contributed by atoms with E-state index in [1.165, 1.54) is 0 Å². The van der Waals surface area contributed by atoms with Crippen molar-refractivity contribution in [1.82, 2.24) is 5.16 Å². The molecule has 0 bridgehead atoms. The van der Waals surface area contributed by atoms with Gasteiger partial charge in [0.2, 0.25) is 0 Å². The number of rotatable bonds is 3. The van der Waals surface area contributed by atoms with Gasteiger partial charge in [-0.15, -0.1) is 0 Å². The van der Waals surface area contributed by atoms with Gasteiger partial charge in [0.25, 0.3) is 0 Å². The van der Waals surface area contributed by atoms with Crippen molar-refractivity contribution in [2.75, 3.05) is 0 Å². The summed E-state index contributed by atoms with van der Waals surface area (Å²) in [5, 5.41) is 12.8. The summed E-state index contributed by atoms with van der Waals surface area (Å²) in [7, 11) is 0. The molecular weight excluding hydrogens is 230 g/mol. The lowest BCUT2D eigenvalue weighted by Crippen LogP contribution is -1.99. The number of carbonyl (C=O) groups is 1. The lowest BCUT2D eigenvalue weighted by atomic mass is 10.1. The summed E-state index contributed by atoms with van der Waals surface area (Å²) in [5.41, 5.74) is 1.08. The van der Waals surface area contributed by atoms with Crippen molar-refractivity contribution in [3.8, 4) is 11.3 Å². The van der Waals surface area contributed by atoms with Gasteiger partial charge in [-0.1, -0.05) is 28.9 Å². The molecule has 0 fully saturated rings. The zero-order valence-electron chi connectivity index (χ0n) is 8.18. The molecule has 0 spiro atoms. The SMILES string of the molecule is O=C(O)Cc1cc(-c2ccccc2Cl)on1. The van der Waals surface area contributed by atoms with Crippen LogP contribution in [0.2, 0.25) is 5.02 Å². The summed E-state index contributed by atoms with van der Waals surface area (Å²) in [4.78, 5) is 10.5. The fourth-order valence-electron chi connectivity index (χ4n) is 1.34. The van der Waals surface area contributed by atoms with E-state index in [1.54, 1.807) is 24.3 Å². The first-order chi connectivity index (χ1) is 7.66. The van der Waals surface area contributed by atoms with Crippen LogP contribution in [-0.2, 0) is 11.2 Å². The smallest absolute Gasteiger partial charge is 0.309 e. The van der Waals surface area contributed by atoms with Gasteiger partial charge in [-0.3, -0.25) is 4.79 Å². The highest BCUT2D eigenvalue weighted by Gasteiger charge is 2.11. The Morgan fingerprint density at radius 2 is 2.19 bits per heavy atom. The first-order valence-corrected chi connectivity index (χ1v) is 4.97. The van der Waals surface area contributed by atoms with E-state index in [1.807, 2.05) is 6.07 Å². The van der Waals surface area contributed by atoms with Crippen molar-refractivity contribution >= 4 is 17.6 Å². The molecule has 1 aromatic carbocycles. The van der Waals surface area contributed by atoms with E-state index in [-0.39, 0.29) is 6.42 Å². The quantitative estimate of drug-likeness (QED) is 0.891. The Morgan fingerprint density at radius 3 is 2.88 bits per heavy atom. The molecule has 4 nitrogen and oxygen atoms in total. The van der Waals surface area contributed by atoms with E-state index in [4.69, 9.17) is 21.2 Å². The number of carboxylic acids is 1. The largest absolute Gasteiger partial charge is 0.481 e. The van der Waals surface area contributed by atoms with Gasteiger partial charge in [0.1, 0.15) is 0 Å². The molecular formula is C11H8ClNO3. The molecule has 5 heteroatoms. The molecule has 2 rings (SSSR count). The highest BCUT2D eigenvalue weighted by Crippen LogP contribution is 2.27. The number of hydrogen-bond donors (Lipinski definition) is 1. The molecule has 0 radical (unpaired) electrons. The summed E-state index contributed by atoms with van der Waals surface area (Å²) >= 11 is 5.97. The first kappa shape index (κ1) is 10.7. The van der Waals surface area contributed by atoms with Crippen LogP contribution in [0.25, 0.3) is 11.3 Å². The lowest BCUT2D eigenvalue weighted by molar-refractivity contribution is -0.136. The van der Waals surface area contributed by atoms with E-state index in [9.17, 15) is 4.79 Å². The predicted molar refractivity (Wildman–Crippen MR) is 58.3 cm³/mol. The van der Waals surface area contributed by atoms with Gasteiger partial charge >= 0.3 is 5.97 Å². The molecule has 0 atom stereocenters. The maximum atomic E-state index is 10.5. The Labute approximate surface area is 96.4 Å². The minimum Gasteiger partial charge on any atom is -0.481 e. The van der Waals surface area contributed by atoms with E-state index in [0.29, 0.717) is 22.0 Å². The van der Waals surface area contributed by atoms with Gasteiger partial charge in [-0.05, 0) is 12.1 Å². The van der Waals surface area contributed by atoms with Gasteiger partial charge in [-0.2, -0.15) is 0 Å². The number of benzene rings is 1. The maximum absolute atomic E-state index is 10.5. The van der Waals surface area contributed by atoms with Crippen LogP contribution in [0, 0.1) is 0 Å². The highest BCUT2D eigenvalue weighted by molar-refractivity contribution is 6.33. The normalized spacial score (nSPS) is 10.3. The molecule has 16 heavy (non-hydrogen) atoms. The number of nitrogens with zero attached hydrogens (tertiary/aromatic N) is 1. The van der Waals surface area contributed by atoms with E-state index in [0.717, 1.165) is 0 Å². The molecule has 1 aromatic heterocycles. The Bertz CT molecular complexity index is 521. The third-order valence-electron chi connectivity index (χ3n) is 2.03. The van der Waals surface area contributed by atoms with Gasteiger partial charge in [0.15, 0.2) is 5.76 Å². The van der Waals surface area contributed by atoms with Crippen LogP contribution in [0.15, 0.2) is 34.9 Å². The first-order valence-electron chi connectivity index (χ1n) is 4.59. The average molecular weight is 238 g/mol. The molecule has 0 aliphatic heterocycles. The van der Waals surface area contributed by atoms with Gasteiger partial charge in [0.05, 0.1) is 17.1 Å². The summed E-state index contributed by atoms with van der Waals surface area (Å²) in [5.74, 6) is -0.471. The molecule has 0 saturated heterocycles. The third kappa shape index (κ3) is 2.23. The van der Waals surface area contributed by atoms with E-state index in [2.05, 4.69) is 5.16 Å². The van der Waals surface area contributed by atoms with Crippen LogP contribution in [0.4, 0.5) is 0 Å². The van der Waals surface area contributed by atoms with Crippen LogP contribution >= 0.6 is 11.6 Å². The summed E-state index contributed by atoms with van der Waals surface area (Å²) in [6.45, 7) is 0. The van der Waals surface area contributed by atoms with Crippen molar-refractivity contribution < 1.29 is 14.4 Å². The molecule has 2 aromatic rings. The van der Waals surface area contributed by atoms with Gasteiger partial charge < -0.3 is 9.63 Å². The second-order valence-electron chi connectivity index (χ2n) is 3.23. The number of halogens is 1. The van der Waals surface area contributed by atoms with Crippen molar-refractivity contribution in [2.24, 2.45) is 0 Å². The van der Waals surface area contributed by atoms with Crippen LogP contribution in [-0.4, -0.2) is 16.2 Å². The summed E-state index contributed by atoms with van der Waals surface area (Å²) in [6, 6.07) is 8.72. The molecule has 82 valence electrons. The van der Waals surface area contributed by atoms with Crippen LogP contribution in [0.3, 0.4) is 0 Å². The van der Waals surface area contributed by atoms with Gasteiger partial charge in [-0.25, -0.2) is 0 Å². The monoisotopic (exact) mass is 237 g/mol. The zero-order valence-corrected chi connectivity index (χ0v) is 8.94. The third-order valence-corrected chi connectivity index (χ3v) is 2.36. The highest BCUT2D eigenvalue weighted by atomic mass is 35.5. The molecule has 0 saturated carbocycles. The fourth-order valence-corrected chi connectivity index (χ4v) is 1.57. The molecule has 0 amide bonds. The number of aliphatic carboxylic acids is 1. The minimum atomic E-state index is -0.945. The van der Waals surface area contributed by atoms with Crippen molar-refractivity contribution in [2.45, 2.75) is 6.42 Å². The fraction of sp³-hybridized carbons (Fsp3) is 0.0909. The van der Waals surface area contributed by atoms with Crippen LogP contribution in [0.5, 0.6) is 0 Å².